The fraction of sp³-hybridized carbons (Fsp3) is 0.833. The fourth-order valence-corrected chi connectivity index (χ4v) is 2.64. The second-order valence-corrected chi connectivity index (χ2v) is 5.74. The zero-order valence-electron chi connectivity index (χ0n) is 11.1. The van der Waals surface area contributed by atoms with Gasteiger partial charge in [-0.1, -0.05) is 36.7 Å². The van der Waals surface area contributed by atoms with Gasteiger partial charge in [0.2, 0.25) is 0 Å². The van der Waals surface area contributed by atoms with E-state index in [1.165, 1.54) is 0 Å². The summed E-state index contributed by atoms with van der Waals surface area (Å²) in [5.41, 5.74) is -0.382. The lowest BCUT2D eigenvalue weighted by Gasteiger charge is -2.31. The van der Waals surface area contributed by atoms with Crippen LogP contribution in [-0.2, 0) is 19.1 Å². The van der Waals surface area contributed by atoms with Gasteiger partial charge in [-0.15, -0.1) is 0 Å². The Morgan fingerprint density at radius 1 is 1.06 bits per heavy atom. The Morgan fingerprint density at radius 3 is 1.82 bits per heavy atom. The van der Waals surface area contributed by atoms with E-state index in [1.807, 2.05) is 20.8 Å². The number of carbonyl (C=O) groups is 2. The molecule has 5 heteroatoms. The van der Waals surface area contributed by atoms with Crippen LogP contribution in [0.5, 0.6) is 0 Å². The summed E-state index contributed by atoms with van der Waals surface area (Å²) < 4.78 is 9.92. The van der Waals surface area contributed by atoms with Crippen LogP contribution in [0, 0.1) is 11.3 Å². The van der Waals surface area contributed by atoms with Crippen LogP contribution in [0.1, 0.15) is 34.6 Å². The van der Waals surface area contributed by atoms with Gasteiger partial charge in [-0.25, -0.2) is 0 Å². The first-order valence-electron chi connectivity index (χ1n) is 5.73. The fourth-order valence-electron chi connectivity index (χ4n) is 1.50. The molecule has 0 bridgehead atoms. The number of carbonyl (C=O) groups excluding carboxylic acids is 2. The zero-order chi connectivity index (χ0) is 13.6. The molecule has 0 aromatic heterocycles. The molecule has 0 fully saturated rings. The topological polar surface area (TPSA) is 52.6 Å². The van der Waals surface area contributed by atoms with Gasteiger partial charge in [0.05, 0.1) is 19.1 Å². The Bertz CT molecular complexity index is 270. The summed E-state index contributed by atoms with van der Waals surface area (Å²) in [6, 6.07) is 0. The lowest BCUT2D eigenvalue weighted by atomic mass is 9.78. The number of halogens is 1. The van der Waals surface area contributed by atoms with E-state index >= 15 is 0 Å². The van der Waals surface area contributed by atoms with Crippen molar-refractivity contribution in [1.82, 2.24) is 0 Å². The van der Waals surface area contributed by atoms with Gasteiger partial charge < -0.3 is 9.47 Å². The standard InChI is InChI=1S/C12H21BrO4/c1-6-16-10(14)8(12(3,4)5)9(13)11(15)17-7-2/h8-9H,6-7H2,1-5H3. The smallest absolute Gasteiger partial charge is 0.320 e. The van der Waals surface area contributed by atoms with E-state index in [0.29, 0.717) is 13.2 Å². The summed E-state index contributed by atoms with van der Waals surface area (Å²) in [6.07, 6.45) is 0. The molecule has 0 N–H and O–H groups in total. The average Bonchev–Trinajstić information content (AvgIpc) is 2.16. The molecule has 0 heterocycles. The molecule has 0 aromatic carbocycles. The maximum absolute atomic E-state index is 11.9. The number of alkyl halides is 1. The molecule has 0 spiro atoms. The van der Waals surface area contributed by atoms with Crippen LogP contribution < -0.4 is 0 Å². The molecule has 0 rings (SSSR count). The predicted octanol–water partition coefficient (Wildman–Crippen LogP) is 2.54. The molecule has 0 aliphatic heterocycles. The molecule has 0 aliphatic rings. The first-order valence-corrected chi connectivity index (χ1v) is 6.64. The number of hydrogen-bond acceptors (Lipinski definition) is 4. The van der Waals surface area contributed by atoms with E-state index in [2.05, 4.69) is 15.9 Å². The Kier molecular flexibility index (Phi) is 6.75. The Morgan fingerprint density at radius 2 is 1.47 bits per heavy atom. The van der Waals surface area contributed by atoms with Crippen molar-refractivity contribution >= 4 is 27.9 Å². The molecule has 2 atom stereocenters. The van der Waals surface area contributed by atoms with Crippen LogP contribution >= 0.6 is 15.9 Å². The van der Waals surface area contributed by atoms with Gasteiger partial charge in [0.15, 0.2) is 0 Å². The molecule has 100 valence electrons. The summed E-state index contributed by atoms with van der Waals surface area (Å²) in [5.74, 6) is -1.38. The minimum atomic E-state index is -0.679. The van der Waals surface area contributed by atoms with E-state index < -0.39 is 16.7 Å². The van der Waals surface area contributed by atoms with E-state index in [4.69, 9.17) is 9.47 Å². The van der Waals surface area contributed by atoms with Crippen LogP contribution in [-0.4, -0.2) is 30.0 Å². The molecule has 4 nitrogen and oxygen atoms in total. The molecule has 0 amide bonds. The van der Waals surface area contributed by atoms with Crippen molar-refractivity contribution in [2.45, 2.75) is 39.4 Å². The summed E-state index contributed by atoms with van der Waals surface area (Å²) in [7, 11) is 0. The van der Waals surface area contributed by atoms with Crippen molar-refractivity contribution in [3.05, 3.63) is 0 Å². The largest absolute Gasteiger partial charge is 0.466 e. The lowest BCUT2D eigenvalue weighted by molar-refractivity contribution is -0.157. The highest BCUT2D eigenvalue weighted by atomic mass is 79.9. The minimum Gasteiger partial charge on any atom is -0.466 e. The first-order chi connectivity index (χ1) is 7.75. The normalized spacial score (nSPS) is 14.9. The van der Waals surface area contributed by atoms with Gasteiger partial charge >= 0.3 is 11.9 Å². The molecule has 0 saturated heterocycles. The third-order valence-electron chi connectivity index (χ3n) is 2.28. The highest BCUT2D eigenvalue weighted by Crippen LogP contribution is 2.34. The van der Waals surface area contributed by atoms with Crippen molar-refractivity contribution in [2.75, 3.05) is 13.2 Å². The van der Waals surface area contributed by atoms with Crippen LogP contribution in [0.3, 0.4) is 0 Å². The van der Waals surface area contributed by atoms with Gasteiger partial charge in [0.25, 0.3) is 0 Å². The van der Waals surface area contributed by atoms with E-state index in [1.54, 1.807) is 13.8 Å². The Balaban J connectivity index is 4.93. The number of ether oxygens (including phenoxy) is 2. The van der Waals surface area contributed by atoms with Crippen LogP contribution in [0.15, 0.2) is 0 Å². The lowest BCUT2D eigenvalue weighted by Crippen LogP contribution is -2.41. The number of esters is 2. The van der Waals surface area contributed by atoms with Gasteiger partial charge in [0, 0.05) is 0 Å². The predicted molar refractivity (Wildman–Crippen MR) is 68.9 cm³/mol. The summed E-state index contributed by atoms with van der Waals surface area (Å²) in [6.45, 7) is 9.74. The van der Waals surface area contributed by atoms with Crippen molar-refractivity contribution < 1.29 is 19.1 Å². The van der Waals surface area contributed by atoms with Gasteiger partial charge in [-0.05, 0) is 19.3 Å². The minimum absolute atomic E-state index is 0.292. The summed E-state index contributed by atoms with van der Waals surface area (Å²) in [5, 5.41) is 0. The first kappa shape index (κ1) is 16.4. The second-order valence-electron chi connectivity index (χ2n) is 4.75. The molecule has 0 saturated carbocycles. The monoisotopic (exact) mass is 308 g/mol. The van der Waals surface area contributed by atoms with Gasteiger partial charge in [-0.2, -0.15) is 0 Å². The highest BCUT2D eigenvalue weighted by Gasteiger charge is 2.42. The van der Waals surface area contributed by atoms with E-state index in [0.717, 1.165) is 0 Å². The number of hydrogen-bond donors (Lipinski definition) is 0. The molecule has 17 heavy (non-hydrogen) atoms. The van der Waals surface area contributed by atoms with E-state index in [-0.39, 0.29) is 11.4 Å². The molecule has 0 aromatic rings. The summed E-state index contributed by atoms with van der Waals surface area (Å²) >= 11 is 3.24. The molecule has 0 aliphatic carbocycles. The Hall–Kier alpha value is -0.580. The number of rotatable bonds is 5. The van der Waals surface area contributed by atoms with Crippen molar-refractivity contribution in [1.29, 1.82) is 0 Å². The van der Waals surface area contributed by atoms with Crippen molar-refractivity contribution in [3.63, 3.8) is 0 Å². The second kappa shape index (κ2) is 6.99. The summed E-state index contributed by atoms with van der Waals surface area (Å²) in [4.78, 5) is 22.9. The van der Waals surface area contributed by atoms with Crippen molar-refractivity contribution in [3.8, 4) is 0 Å². The molecular weight excluding hydrogens is 288 g/mol. The molecule has 2 unspecified atom stereocenters. The molecular formula is C12H21BrO4. The third kappa shape index (κ3) is 5.06. The molecule has 0 radical (unpaired) electrons. The highest BCUT2D eigenvalue weighted by molar-refractivity contribution is 9.10. The van der Waals surface area contributed by atoms with E-state index in [9.17, 15) is 9.59 Å². The Labute approximate surface area is 111 Å². The maximum atomic E-state index is 11.9. The zero-order valence-corrected chi connectivity index (χ0v) is 12.7. The van der Waals surface area contributed by atoms with Crippen LogP contribution in [0.4, 0.5) is 0 Å². The third-order valence-corrected chi connectivity index (χ3v) is 3.18. The van der Waals surface area contributed by atoms with Gasteiger partial charge in [0.1, 0.15) is 4.83 Å². The van der Waals surface area contributed by atoms with Crippen LogP contribution in [0.2, 0.25) is 0 Å². The van der Waals surface area contributed by atoms with Crippen LogP contribution in [0.25, 0.3) is 0 Å². The SMILES string of the molecule is CCOC(=O)C(Br)C(C(=O)OCC)C(C)(C)C. The average molecular weight is 309 g/mol. The van der Waals surface area contributed by atoms with Crippen molar-refractivity contribution in [2.24, 2.45) is 11.3 Å². The maximum Gasteiger partial charge on any atom is 0.320 e. The van der Waals surface area contributed by atoms with Gasteiger partial charge in [-0.3, -0.25) is 9.59 Å². The quantitative estimate of drug-likeness (QED) is 0.578.